The molecular weight excluding hydrogens is 638 g/mol. The third-order valence-electron chi connectivity index (χ3n) is 8.20. The highest BCUT2D eigenvalue weighted by Crippen LogP contribution is 2.40. The van der Waals surface area contributed by atoms with E-state index in [1.807, 2.05) is 45.9 Å². The van der Waals surface area contributed by atoms with Crippen molar-refractivity contribution in [2.45, 2.75) is 106 Å². The number of nitrogens with zero attached hydrogens (tertiary/aromatic N) is 4. The maximum absolute atomic E-state index is 6.07. The molecular formula is C36H46BCl3N4O2. The lowest BCUT2D eigenvalue weighted by Crippen LogP contribution is -2.41. The van der Waals surface area contributed by atoms with Crippen LogP contribution in [0.1, 0.15) is 97.4 Å². The van der Waals surface area contributed by atoms with Crippen molar-refractivity contribution in [3.05, 3.63) is 92.5 Å². The summed E-state index contributed by atoms with van der Waals surface area (Å²) in [6.07, 6.45) is 3.47. The molecule has 0 unspecified atom stereocenters. The molecule has 3 aliphatic rings. The summed E-state index contributed by atoms with van der Waals surface area (Å²) in [5.41, 5.74) is 9.79. The quantitative estimate of drug-likeness (QED) is 0.103. The first-order valence-corrected chi connectivity index (χ1v) is 17.4. The standard InChI is InChI=1S/C13H11ClN2.C11H6Cl2N2.C8H17BO2.2C2H6/c1-2-10-12-9-6-4-3-5-8(9)7-11(12)16-13(14)15-10;12-10-9-7-4-2-1-3-6(7)5-8(9)14-11(13)15-10;1-6-9-10-7(2,3)8(4,5)11-9;2*1-2/h3-6H,2,7H2,1H3;1-4H,5H2;6H2,1-5H3;2*1-2H3. The highest BCUT2D eigenvalue weighted by Gasteiger charge is 2.50. The van der Waals surface area contributed by atoms with E-state index in [4.69, 9.17) is 44.1 Å². The minimum Gasteiger partial charge on any atom is -0.403 e. The van der Waals surface area contributed by atoms with Crippen molar-refractivity contribution in [1.29, 1.82) is 0 Å². The average molecular weight is 684 g/mol. The Morgan fingerprint density at radius 3 is 1.54 bits per heavy atom. The molecule has 2 aromatic heterocycles. The summed E-state index contributed by atoms with van der Waals surface area (Å²) in [6, 6.07) is 16.5. The molecule has 0 atom stereocenters. The summed E-state index contributed by atoms with van der Waals surface area (Å²) in [5.74, 6) is 0. The molecule has 4 aromatic rings. The average Bonchev–Trinajstić information content (AvgIpc) is 3.66. The zero-order valence-corrected chi connectivity index (χ0v) is 31.0. The number of aromatic nitrogens is 4. The van der Waals surface area contributed by atoms with Crippen LogP contribution in [-0.2, 0) is 28.6 Å². The fourth-order valence-corrected chi connectivity index (χ4v) is 6.12. The van der Waals surface area contributed by atoms with Gasteiger partial charge in [0.1, 0.15) is 5.15 Å². The van der Waals surface area contributed by atoms with E-state index in [1.54, 1.807) is 0 Å². The van der Waals surface area contributed by atoms with Crippen molar-refractivity contribution < 1.29 is 9.31 Å². The third kappa shape index (κ3) is 8.29. The molecule has 10 heteroatoms. The SMILES string of the molecule is CC.CC.CCB1OC(C)(C)C(C)(C)O1.CCc1nc(Cl)nc2c1-c1ccccc1C2.Clc1nc(Cl)c2c(n1)Cc1ccccc1-2. The molecule has 46 heavy (non-hydrogen) atoms. The van der Waals surface area contributed by atoms with Crippen LogP contribution in [0, 0.1) is 0 Å². The van der Waals surface area contributed by atoms with E-state index in [1.165, 1.54) is 22.3 Å². The predicted octanol–water partition coefficient (Wildman–Crippen LogP) is 10.8. The summed E-state index contributed by atoms with van der Waals surface area (Å²) in [7, 11) is -0.0139. The lowest BCUT2D eigenvalue weighted by Gasteiger charge is -2.32. The zero-order chi connectivity index (χ0) is 34.2. The predicted molar refractivity (Wildman–Crippen MR) is 194 cm³/mol. The van der Waals surface area contributed by atoms with Crippen LogP contribution in [0.5, 0.6) is 0 Å². The van der Waals surface area contributed by atoms with Gasteiger partial charge in [0.05, 0.1) is 28.3 Å². The van der Waals surface area contributed by atoms with Gasteiger partial charge in [0.2, 0.25) is 10.6 Å². The highest BCUT2D eigenvalue weighted by atomic mass is 35.5. The summed E-state index contributed by atoms with van der Waals surface area (Å²) >= 11 is 17.8. The first-order valence-electron chi connectivity index (χ1n) is 16.2. The van der Waals surface area contributed by atoms with Gasteiger partial charge in [-0.05, 0) is 85.9 Å². The summed E-state index contributed by atoms with van der Waals surface area (Å²) in [6.45, 7) is 20.5. The normalized spacial score (nSPS) is 15.2. The Kier molecular flexibility index (Phi) is 13.6. The van der Waals surface area contributed by atoms with Crippen LogP contribution in [0.15, 0.2) is 48.5 Å². The van der Waals surface area contributed by atoms with Crippen molar-refractivity contribution >= 4 is 41.9 Å². The summed E-state index contributed by atoms with van der Waals surface area (Å²) in [4.78, 5) is 16.8. The van der Waals surface area contributed by atoms with Crippen molar-refractivity contribution in [2.24, 2.45) is 0 Å². The fraction of sp³-hybridized carbons (Fsp3) is 0.444. The number of hydrogen-bond donors (Lipinski definition) is 0. The minimum absolute atomic E-state index is 0.0139. The Bertz CT molecular complexity index is 1620. The monoisotopic (exact) mass is 682 g/mol. The zero-order valence-electron chi connectivity index (χ0n) is 28.8. The van der Waals surface area contributed by atoms with Gasteiger partial charge in [-0.25, -0.2) is 19.9 Å². The molecule has 6 nitrogen and oxygen atoms in total. The molecule has 0 spiro atoms. The van der Waals surface area contributed by atoms with Gasteiger partial charge in [-0.1, -0.05) is 102 Å². The van der Waals surface area contributed by atoms with Gasteiger partial charge in [-0.3, -0.25) is 0 Å². The maximum atomic E-state index is 6.07. The van der Waals surface area contributed by atoms with Gasteiger partial charge < -0.3 is 9.31 Å². The lowest BCUT2D eigenvalue weighted by atomic mass is 9.87. The Balaban J connectivity index is 0.000000181. The first-order chi connectivity index (χ1) is 21.9. The Labute approximate surface area is 290 Å². The van der Waals surface area contributed by atoms with Gasteiger partial charge in [-0.2, -0.15) is 0 Å². The van der Waals surface area contributed by atoms with Crippen molar-refractivity contribution in [2.75, 3.05) is 0 Å². The lowest BCUT2D eigenvalue weighted by molar-refractivity contribution is 0.00578. The molecule has 2 aromatic carbocycles. The number of aryl methyl sites for hydroxylation is 1. The second-order valence-corrected chi connectivity index (χ2v) is 12.5. The largest absolute Gasteiger partial charge is 0.457 e. The van der Waals surface area contributed by atoms with Crippen molar-refractivity contribution in [1.82, 2.24) is 19.9 Å². The molecule has 1 saturated heterocycles. The Morgan fingerprint density at radius 1 is 0.652 bits per heavy atom. The number of hydrogen-bond acceptors (Lipinski definition) is 6. The van der Waals surface area contributed by atoms with Gasteiger partial charge in [-0.15, -0.1) is 0 Å². The number of halogens is 3. The molecule has 0 amide bonds. The Hall–Kier alpha value is -2.55. The molecule has 2 aliphatic carbocycles. The van der Waals surface area contributed by atoms with E-state index in [9.17, 15) is 0 Å². The second kappa shape index (κ2) is 16.5. The highest BCUT2D eigenvalue weighted by molar-refractivity contribution is 6.45. The summed E-state index contributed by atoms with van der Waals surface area (Å²) < 4.78 is 11.4. The molecule has 1 fully saturated rings. The van der Waals surface area contributed by atoms with Gasteiger partial charge in [0.25, 0.3) is 0 Å². The molecule has 0 saturated carbocycles. The topological polar surface area (TPSA) is 70.0 Å². The van der Waals surface area contributed by atoms with Gasteiger partial charge in [0, 0.05) is 24.0 Å². The van der Waals surface area contributed by atoms with E-state index >= 15 is 0 Å². The van der Waals surface area contributed by atoms with Crippen molar-refractivity contribution in [3.63, 3.8) is 0 Å². The molecule has 1 aliphatic heterocycles. The second-order valence-electron chi connectivity index (χ2n) is 11.5. The summed E-state index contributed by atoms with van der Waals surface area (Å²) in [5, 5.41) is 1.02. The molecule has 0 bridgehead atoms. The maximum Gasteiger partial charge on any atom is 0.457 e. The van der Waals surface area contributed by atoms with Crippen LogP contribution < -0.4 is 0 Å². The molecule has 246 valence electrons. The van der Waals surface area contributed by atoms with E-state index in [-0.39, 0.29) is 23.6 Å². The number of rotatable bonds is 2. The molecule has 0 N–H and O–H groups in total. The van der Waals surface area contributed by atoms with Crippen LogP contribution in [0.2, 0.25) is 22.0 Å². The smallest absolute Gasteiger partial charge is 0.403 e. The van der Waals surface area contributed by atoms with Gasteiger partial charge >= 0.3 is 7.12 Å². The third-order valence-corrected chi connectivity index (χ3v) is 8.82. The first kappa shape index (κ1) is 37.9. The number of fused-ring (bicyclic) bond motifs is 6. The molecule has 3 heterocycles. The van der Waals surface area contributed by atoms with E-state index in [0.717, 1.165) is 53.8 Å². The molecule has 0 radical (unpaired) electrons. The van der Waals surface area contributed by atoms with Gasteiger partial charge in [0.15, 0.2) is 0 Å². The van der Waals surface area contributed by atoms with E-state index in [2.05, 4.69) is 91.8 Å². The van der Waals surface area contributed by atoms with Crippen LogP contribution in [0.25, 0.3) is 22.3 Å². The van der Waals surface area contributed by atoms with Crippen LogP contribution in [-0.4, -0.2) is 38.3 Å². The molecule has 7 rings (SSSR count). The van der Waals surface area contributed by atoms with Crippen molar-refractivity contribution in [3.8, 4) is 22.3 Å². The Morgan fingerprint density at radius 2 is 1.09 bits per heavy atom. The van der Waals surface area contributed by atoms with Crippen LogP contribution in [0.4, 0.5) is 0 Å². The van der Waals surface area contributed by atoms with Crippen LogP contribution in [0.3, 0.4) is 0 Å². The number of benzene rings is 2. The fourth-order valence-electron chi connectivity index (χ4n) is 5.39. The van der Waals surface area contributed by atoms with E-state index < -0.39 is 0 Å². The minimum atomic E-state index is -0.159. The van der Waals surface area contributed by atoms with E-state index in [0.29, 0.717) is 10.4 Å². The van der Waals surface area contributed by atoms with Crippen LogP contribution >= 0.6 is 34.8 Å².